The first-order valence-electron chi connectivity index (χ1n) is 4.16. The fraction of sp³-hybridized carbons (Fsp3) is 0.111. The summed E-state index contributed by atoms with van der Waals surface area (Å²) in [6.45, 7) is 0.493. The molecule has 1 heterocycles. The molecule has 1 N–H and O–H groups in total. The van der Waals surface area contributed by atoms with Gasteiger partial charge in [0, 0.05) is 6.20 Å². The number of rotatable bonds is 1. The van der Waals surface area contributed by atoms with Gasteiger partial charge in [0.05, 0.1) is 17.3 Å². The zero-order valence-corrected chi connectivity index (χ0v) is 8.83. The molecule has 1 aliphatic rings. The van der Waals surface area contributed by atoms with Gasteiger partial charge in [-0.3, -0.25) is 5.01 Å². The van der Waals surface area contributed by atoms with Gasteiger partial charge in [0.15, 0.2) is 0 Å². The largest absolute Gasteiger partial charge is 0.268 e. The maximum Gasteiger partial charge on any atom is 0.0687 e. The summed E-state index contributed by atoms with van der Waals surface area (Å²) in [5, 5.41) is 2.45. The van der Waals surface area contributed by atoms with Crippen molar-refractivity contribution in [2.75, 3.05) is 11.6 Å². The first kappa shape index (κ1) is 9.80. The number of nitrogens with one attached hydrogen (secondary N) is 1. The first-order valence-corrected chi connectivity index (χ1v) is 4.87. The standard InChI is InChI=1S/C9H9Cl2N3/c10-8-6-13(12-14(11)7-8)9-4-2-1-3-5-9/h1-6,12H,7H2. The van der Waals surface area contributed by atoms with Crippen LogP contribution in [0.4, 0.5) is 5.69 Å². The number of hydrazine groups is 2. The van der Waals surface area contributed by atoms with E-state index in [9.17, 15) is 0 Å². The van der Waals surface area contributed by atoms with Crippen molar-refractivity contribution in [1.29, 1.82) is 0 Å². The summed E-state index contributed by atoms with van der Waals surface area (Å²) >= 11 is 11.7. The zero-order chi connectivity index (χ0) is 9.97. The number of para-hydroxylation sites is 1. The molecule has 74 valence electrons. The average Bonchev–Trinajstić information content (AvgIpc) is 2.18. The molecule has 0 aromatic heterocycles. The summed E-state index contributed by atoms with van der Waals surface area (Å²) in [5.41, 5.74) is 3.92. The number of hydrogen-bond donors (Lipinski definition) is 1. The Labute approximate surface area is 92.6 Å². The van der Waals surface area contributed by atoms with Crippen LogP contribution < -0.4 is 10.5 Å². The van der Waals surface area contributed by atoms with Gasteiger partial charge in [-0.1, -0.05) is 29.8 Å². The average molecular weight is 230 g/mol. The van der Waals surface area contributed by atoms with E-state index in [0.717, 1.165) is 5.69 Å². The molecule has 0 spiro atoms. The highest BCUT2D eigenvalue weighted by Gasteiger charge is 2.14. The third-order valence-corrected chi connectivity index (χ3v) is 2.22. The highest BCUT2D eigenvalue weighted by atomic mass is 35.5. The second-order valence-electron chi connectivity index (χ2n) is 2.90. The Bertz CT molecular complexity index is 339. The highest BCUT2D eigenvalue weighted by molar-refractivity contribution is 6.30. The van der Waals surface area contributed by atoms with E-state index in [-0.39, 0.29) is 0 Å². The van der Waals surface area contributed by atoms with Gasteiger partial charge in [0.25, 0.3) is 0 Å². The van der Waals surface area contributed by atoms with E-state index in [1.54, 1.807) is 11.2 Å². The Morgan fingerprint density at radius 1 is 1.21 bits per heavy atom. The fourth-order valence-electron chi connectivity index (χ4n) is 1.22. The fourth-order valence-corrected chi connectivity index (χ4v) is 1.70. The summed E-state index contributed by atoms with van der Waals surface area (Å²) in [7, 11) is 0. The number of hydrogen-bond acceptors (Lipinski definition) is 3. The van der Waals surface area contributed by atoms with Crippen LogP contribution in [0, 0.1) is 0 Å². The van der Waals surface area contributed by atoms with Gasteiger partial charge >= 0.3 is 0 Å². The molecular weight excluding hydrogens is 221 g/mol. The van der Waals surface area contributed by atoms with Crippen LogP contribution in [0.3, 0.4) is 0 Å². The molecule has 1 aromatic carbocycles. The predicted octanol–water partition coefficient (Wildman–Crippen LogP) is 2.46. The summed E-state index contributed by atoms with van der Waals surface area (Å²) in [6, 6.07) is 9.78. The van der Waals surface area contributed by atoms with Crippen molar-refractivity contribution >= 4 is 29.1 Å². The Kier molecular flexibility index (Phi) is 2.93. The van der Waals surface area contributed by atoms with Crippen LogP contribution in [0.15, 0.2) is 41.6 Å². The summed E-state index contributed by atoms with van der Waals surface area (Å²) < 4.78 is 1.40. The van der Waals surface area contributed by atoms with Crippen molar-refractivity contribution in [3.05, 3.63) is 41.6 Å². The molecule has 0 fully saturated rings. The zero-order valence-electron chi connectivity index (χ0n) is 7.32. The normalized spacial score (nSPS) is 18.1. The van der Waals surface area contributed by atoms with Crippen LogP contribution >= 0.6 is 23.4 Å². The van der Waals surface area contributed by atoms with Crippen LogP contribution in [0.25, 0.3) is 0 Å². The Balaban J connectivity index is 2.23. The van der Waals surface area contributed by atoms with Gasteiger partial charge in [-0.15, -0.1) is 10.1 Å². The van der Waals surface area contributed by atoms with E-state index in [4.69, 9.17) is 23.4 Å². The minimum Gasteiger partial charge on any atom is -0.268 e. The lowest BCUT2D eigenvalue weighted by atomic mass is 10.3. The number of anilines is 1. The summed E-state index contributed by atoms with van der Waals surface area (Å²) in [6.07, 6.45) is 1.80. The molecule has 5 heteroatoms. The molecular formula is C9H9Cl2N3. The Morgan fingerprint density at radius 3 is 2.57 bits per heavy atom. The van der Waals surface area contributed by atoms with Crippen molar-refractivity contribution in [2.24, 2.45) is 0 Å². The van der Waals surface area contributed by atoms with Crippen molar-refractivity contribution in [1.82, 2.24) is 10.1 Å². The molecule has 0 atom stereocenters. The number of halogens is 2. The molecule has 0 aliphatic carbocycles. The smallest absolute Gasteiger partial charge is 0.0687 e. The van der Waals surface area contributed by atoms with E-state index in [1.165, 1.54) is 4.53 Å². The van der Waals surface area contributed by atoms with Gasteiger partial charge in [0.1, 0.15) is 0 Å². The quantitative estimate of drug-likeness (QED) is 0.747. The third kappa shape index (κ3) is 2.19. The molecule has 1 aliphatic heterocycles. The first-order chi connectivity index (χ1) is 6.75. The molecule has 3 nitrogen and oxygen atoms in total. The molecule has 0 radical (unpaired) electrons. The molecule has 1 aromatic rings. The van der Waals surface area contributed by atoms with E-state index in [2.05, 4.69) is 5.53 Å². The van der Waals surface area contributed by atoms with Crippen molar-refractivity contribution in [3.63, 3.8) is 0 Å². The van der Waals surface area contributed by atoms with Gasteiger partial charge in [-0.05, 0) is 23.9 Å². The third-order valence-electron chi connectivity index (χ3n) is 1.81. The highest BCUT2D eigenvalue weighted by Crippen LogP contribution is 2.18. The molecule has 0 unspecified atom stereocenters. The minimum absolute atomic E-state index is 0.493. The van der Waals surface area contributed by atoms with E-state index < -0.39 is 0 Å². The lowest BCUT2D eigenvalue weighted by molar-refractivity contribution is 0.351. The number of nitrogens with zero attached hydrogens (tertiary/aromatic N) is 2. The monoisotopic (exact) mass is 229 g/mol. The molecule has 0 bridgehead atoms. The maximum atomic E-state index is 5.91. The van der Waals surface area contributed by atoms with Crippen LogP contribution in [0.2, 0.25) is 0 Å². The van der Waals surface area contributed by atoms with Crippen LogP contribution in [-0.2, 0) is 0 Å². The molecule has 0 saturated carbocycles. The van der Waals surface area contributed by atoms with Gasteiger partial charge in [-0.2, -0.15) is 0 Å². The SMILES string of the molecule is ClC1=CN(c2ccccc2)NN(Cl)C1. The lowest BCUT2D eigenvalue weighted by Gasteiger charge is -2.30. The lowest BCUT2D eigenvalue weighted by Crippen LogP contribution is -2.46. The van der Waals surface area contributed by atoms with Crippen molar-refractivity contribution < 1.29 is 0 Å². The van der Waals surface area contributed by atoms with Gasteiger partial charge < -0.3 is 0 Å². The van der Waals surface area contributed by atoms with Gasteiger partial charge in [0.2, 0.25) is 0 Å². The van der Waals surface area contributed by atoms with E-state index in [0.29, 0.717) is 11.6 Å². The maximum absolute atomic E-state index is 5.91. The van der Waals surface area contributed by atoms with Crippen LogP contribution in [-0.4, -0.2) is 11.1 Å². The molecule has 0 saturated heterocycles. The molecule has 14 heavy (non-hydrogen) atoms. The topological polar surface area (TPSA) is 18.5 Å². The summed E-state index contributed by atoms with van der Waals surface area (Å²) in [5.74, 6) is 0. The molecule has 0 amide bonds. The number of benzene rings is 1. The van der Waals surface area contributed by atoms with Crippen LogP contribution in [0.5, 0.6) is 0 Å². The van der Waals surface area contributed by atoms with Crippen LogP contribution in [0.1, 0.15) is 0 Å². The van der Waals surface area contributed by atoms with Crippen molar-refractivity contribution in [3.8, 4) is 0 Å². The molecule has 2 rings (SSSR count). The Hall–Kier alpha value is -0.740. The van der Waals surface area contributed by atoms with Crippen molar-refractivity contribution in [2.45, 2.75) is 0 Å². The minimum atomic E-state index is 0.493. The predicted molar refractivity (Wildman–Crippen MR) is 58.6 cm³/mol. The second kappa shape index (κ2) is 4.19. The summed E-state index contributed by atoms with van der Waals surface area (Å²) in [4.78, 5) is 0. The van der Waals surface area contributed by atoms with Gasteiger partial charge in [-0.25, -0.2) is 0 Å². The van der Waals surface area contributed by atoms with E-state index in [1.807, 2.05) is 30.3 Å². The Morgan fingerprint density at radius 2 is 1.93 bits per heavy atom. The van der Waals surface area contributed by atoms with E-state index >= 15 is 0 Å². The second-order valence-corrected chi connectivity index (χ2v) is 3.80.